The third kappa shape index (κ3) is 3.00. The van der Waals surface area contributed by atoms with Gasteiger partial charge in [-0.1, -0.05) is 44.2 Å². The molecule has 2 heterocycles. The first kappa shape index (κ1) is 17.9. The van der Waals surface area contributed by atoms with Crippen molar-refractivity contribution in [3.8, 4) is 5.75 Å². The number of H-pyrrole nitrogens is 1. The van der Waals surface area contributed by atoms with Crippen molar-refractivity contribution in [2.75, 3.05) is 7.11 Å². The highest BCUT2D eigenvalue weighted by Gasteiger charge is 2.34. The molecule has 0 fully saturated rings. The summed E-state index contributed by atoms with van der Waals surface area (Å²) in [4.78, 5) is 21.7. The van der Waals surface area contributed by atoms with E-state index in [2.05, 4.69) is 43.1 Å². The average Bonchev–Trinajstić information content (AvgIpc) is 3.07. The maximum absolute atomic E-state index is 13.1. The second-order valence-corrected chi connectivity index (χ2v) is 8.77. The van der Waals surface area contributed by atoms with Gasteiger partial charge in [0, 0.05) is 34.7 Å². The molecule has 0 saturated heterocycles. The Morgan fingerprint density at radius 2 is 1.83 bits per heavy atom. The standard InChI is InChI=1S/C25H24N2O2/c1-25(2)13-20-23(21(28)14-25)22-17-6-4-5-7-18(17)27-24(22)19(26-20)12-15-8-10-16(29-3)11-9-15/h4-11,27H,12-14H2,1-3H3. The Bertz CT molecular complexity index is 1250. The number of aromatic amines is 1. The van der Waals surface area contributed by atoms with E-state index < -0.39 is 0 Å². The zero-order chi connectivity index (χ0) is 20.2. The lowest BCUT2D eigenvalue weighted by atomic mass is 9.74. The zero-order valence-electron chi connectivity index (χ0n) is 17.0. The summed E-state index contributed by atoms with van der Waals surface area (Å²) in [5.74, 6) is 1.05. The second kappa shape index (κ2) is 6.45. The Morgan fingerprint density at radius 1 is 1.07 bits per heavy atom. The highest BCUT2D eigenvalue weighted by atomic mass is 16.5. The first-order chi connectivity index (χ1) is 13.9. The highest BCUT2D eigenvalue weighted by molar-refractivity contribution is 6.19. The van der Waals surface area contributed by atoms with E-state index in [0.29, 0.717) is 12.8 Å². The van der Waals surface area contributed by atoms with Crippen LogP contribution in [0.15, 0.2) is 48.5 Å². The molecule has 0 radical (unpaired) electrons. The number of methoxy groups -OCH3 is 1. The molecule has 1 aliphatic carbocycles. The number of pyridine rings is 1. The van der Waals surface area contributed by atoms with Crippen molar-refractivity contribution < 1.29 is 9.53 Å². The number of ketones is 1. The normalized spacial score (nSPS) is 15.6. The minimum absolute atomic E-state index is 0.0613. The molecule has 146 valence electrons. The van der Waals surface area contributed by atoms with Crippen LogP contribution >= 0.6 is 0 Å². The van der Waals surface area contributed by atoms with Crippen LogP contribution in [-0.4, -0.2) is 22.9 Å². The topological polar surface area (TPSA) is 55.0 Å². The summed E-state index contributed by atoms with van der Waals surface area (Å²) < 4.78 is 5.28. The Hall–Kier alpha value is -3.14. The quantitative estimate of drug-likeness (QED) is 0.509. The second-order valence-electron chi connectivity index (χ2n) is 8.77. The fraction of sp³-hybridized carbons (Fsp3) is 0.280. The number of para-hydroxylation sites is 1. The molecule has 4 aromatic rings. The number of benzene rings is 2. The number of aromatic nitrogens is 2. The SMILES string of the molecule is COc1ccc(Cc2nc3c(c4c2[nH]c2ccccc24)C(=O)CC(C)(C)C3)cc1. The van der Waals surface area contributed by atoms with E-state index in [9.17, 15) is 4.79 Å². The summed E-state index contributed by atoms with van der Waals surface area (Å²) in [7, 11) is 1.67. The number of Topliss-reactive ketones (excluding diaryl/α,β-unsaturated/α-hetero) is 1. The Morgan fingerprint density at radius 3 is 2.59 bits per heavy atom. The van der Waals surface area contributed by atoms with Gasteiger partial charge in [0.2, 0.25) is 0 Å². The lowest BCUT2D eigenvalue weighted by Gasteiger charge is -2.30. The van der Waals surface area contributed by atoms with Crippen molar-refractivity contribution in [1.82, 2.24) is 9.97 Å². The molecule has 0 unspecified atom stereocenters. The van der Waals surface area contributed by atoms with Crippen LogP contribution in [0.5, 0.6) is 5.75 Å². The summed E-state index contributed by atoms with van der Waals surface area (Å²) in [6, 6.07) is 16.3. The molecular formula is C25H24N2O2. The number of rotatable bonds is 3. The average molecular weight is 384 g/mol. The fourth-order valence-corrected chi connectivity index (χ4v) is 4.57. The van der Waals surface area contributed by atoms with Gasteiger partial charge in [0.25, 0.3) is 0 Å². The van der Waals surface area contributed by atoms with Gasteiger partial charge >= 0.3 is 0 Å². The Kier molecular flexibility index (Phi) is 3.98. The van der Waals surface area contributed by atoms with Crippen molar-refractivity contribution in [3.63, 3.8) is 0 Å². The number of nitrogens with zero attached hydrogens (tertiary/aromatic N) is 1. The smallest absolute Gasteiger partial charge is 0.165 e. The van der Waals surface area contributed by atoms with Crippen LogP contribution in [-0.2, 0) is 12.8 Å². The van der Waals surface area contributed by atoms with E-state index in [1.54, 1.807) is 7.11 Å². The van der Waals surface area contributed by atoms with Gasteiger partial charge in [0.15, 0.2) is 5.78 Å². The molecule has 0 amide bonds. The molecule has 4 nitrogen and oxygen atoms in total. The molecule has 2 aromatic carbocycles. The van der Waals surface area contributed by atoms with Gasteiger partial charge < -0.3 is 9.72 Å². The van der Waals surface area contributed by atoms with Gasteiger partial charge in [-0.25, -0.2) is 0 Å². The molecule has 1 aliphatic rings. The maximum atomic E-state index is 13.1. The van der Waals surface area contributed by atoms with Gasteiger partial charge in [-0.05, 0) is 35.6 Å². The largest absolute Gasteiger partial charge is 0.497 e. The van der Waals surface area contributed by atoms with Gasteiger partial charge in [0.05, 0.1) is 24.0 Å². The number of nitrogens with one attached hydrogen (secondary N) is 1. The molecule has 4 heteroatoms. The summed E-state index contributed by atoms with van der Waals surface area (Å²) in [5.41, 5.74) is 5.88. The van der Waals surface area contributed by atoms with Crippen LogP contribution in [0.2, 0.25) is 0 Å². The maximum Gasteiger partial charge on any atom is 0.165 e. The summed E-state index contributed by atoms with van der Waals surface area (Å²) in [6.07, 6.45) is 2.09. The van der Waals surface area contributed by atoms with Crippen LogP contribution < -0.4 is 4.74 Å². The molecule has 0 spiro atoms. The monoisotopic (exact) mass is 384 g/mol. The molecule has 29 heavy (non-hydrogen) atoms. The van der Waals surface area contributed by atoms with E-state index in [1.807, 2.05) is 24.3 Å². The number of fused-ring (bicyclic) bond motifs is 5. The van der Waals surface area contributed by atoms with E-state index in [0.717, 1.165) is 50.9 Å². The number of hydrogen-bond donors (Lipinski definition) is 1. The van der Waals surface area contributed by atoms with Crippen LogP contribution in [0, 0.1) is 5.41 Å². The molecule has 2 aromatic heterocycles. The van der Waals surface area contributed by atoms with E-state index in [4.69, 9.17) is 9.72 Å². The van der Waals surface area contributed by atoms with Gasteiger partial charge in [-0.3, -0.25) is 9.78 Å². The molecule has 0 bridgehead atoms. The van der Waals surface area contributed by atoms with Crippen molar-refractivity contribution in [3.05, 3.63) is 71.0 Å². The lowest BCUT2D eigenvalue weighted by Crippen LogP contribution is -2.28. The van der Waals surface area contributed by atoms with E-state index >= 15 is 0 Å². The van der Waals surface area contributed by atoms with Crippen LogP contribution in [0.1, 0.15) is 47.6 Å². The minimum Gasteiger partial charge on any atom is -0.497 e. The number of carbonyl (C=O) groups excluding carboxylic acids is 1. The Balaban J connectivity index is 1.75. The molecular weight excluding hydrogens is 360 g/mol. The lowest BCUT2D eigenvalue weighted by molar-refractivity contribution is 0.0912. The van der Waals surface area contributed by atoms with Crippen LogP contribution in [0.25, 0.3) is 21.8 Å². The summed E-state index contributed by atoms with van der Waals surface area (Å²) in [5, 5.41) is 2.14. The third-order valence-electron chi connectivity index (χ3n) is 5.90. The van der Waals surface area contributed by atoms with E-state index in [1.165, 1.54) is 5.56 Å². The van der Waals surface area contributed by atoms with E-state index in [-0.39, 0.29) is 11.2 Å². The van der Waals surface area contributed by atoms with Crippen molar-refractivity contribution in [2.45, 2.75) is 33.1 Å². The van der Waals surface area contributed by atoms with Crippen LogP contribution in [0.4, 0.5) is 0 Å². The number of ether oxygens (including phenoxy) is 1. The van der Waals surface area contributed by atoms with Crippen molar-refractivity contribution >= 4 is 27.6 Å². The molecule has 1 N–H and O–H groups in total. The molecule has 5 rings (SSSR count). The first-order valence-electron chi connectivity index (χ1n) is 10.0. The van der Waals surface area contributed by atoms with Crippen molar-refractivity contribution in [2.24, 2.45) is 5.41 Å². The fourth-order valence-electron chi connectivity index (χ4n) is 4.57. The zero-order valence-corrected chi connectivity index (χ0v) is 17.0. The van der Waals surface area contributed by atoms with Crippen LogP contribution in [0.3, 0.4) is 0 Å². The predicted octanol–water partition coefficient (Wildman–Crippen LogP) is 5.47. The Labute approximate surface area is 169 Å². The summed E-state index contributed by atoms with van der Waals surface area (Å²) >= 11 is 0. The van der Waals surface area contributed by atoms with Gasteiger partial charge in [0.1, 0.15) is 5.75 Å². The molecule has 0 atom stereocenters. The van der Waals surface area contributed by atoms with Gasteiger partial charge in [-0.15, -0.1) is 0 Å². The minimum atomic E-state index is -0.0613. The van der Waals surface area contributed by atoms with Crippen molar-refractivity contribution in [1.29, 1.82) is 0 Å². The highest BCUT2D eigenvalue weighted by Crippen LogP contribution is 2.40. The molecule has 0 saturated carbocycles. The molecule has 0 aliphatic heterocycles. The number of hydrogen-bond acceptors (Lipinski definition) is 3. The summed E-state index contributed by atoms with van der Waals surface area (Å²) in [6.45, 7) is 4.30. The van der Waals surface area contributed by atoms with Gasteiger partial charge in [-0.2, -0.15) is 0 Å². The predicted molar refractivity (Wildman–Crippen MR) is 116 cm³/mol. The first-order valence-corrected chi connectivity index (χ1v) is 10.0. The third-order valence-corrected chi connectivity index (χ3v) is 5.90. The number of carbonyl (C=O) groups is 1.